The zero-order chi connectivity index (χ0) is 30.6. The summed E-state index contributed by atoms with van der Waals surface area (Å²) in [4.78, 5) is 11.4. The largest absolute Gasteiger partial charge is 2.00 e. The molecule has 0 radical (unpaired) electrons. The molecule has 0 bridgehead atoms. The summed E-state index contributed by atoms with van der Waals surface area (Å²) in [6, 6.07) is 42.8. The van der Waals surface area contributed by atoms with Crippen LogP contribution in [0, 0.1) is 12.1 Å². The van der Waals surface area contributed by atoms with Gasteiger partial charge in [-0.1, -0.05) is 101 Å². The Bertz CT molecular complexity index is 2500. The average Bonchev–Trinajstić information content (AvgIpc) is 3.80. The summed E-state index contributed by atoms with van der Waals surface area (Å²) in [5.74, 6) is 2.41. The number of ether oxygens (including phenoxy) is 1. The van der Waals surface area contributed by atoms with Gasteiger partial charge in [0, 0.05) is 48.4 Å². The van der Waals surface area contributed by atoms with Crippen LogP contribution in [0.25, 0.3) is 55.3 Å². The van der Waals surface area contributed by atoms with Crippen molar-refractivity contribution in [2.24, 2.45) is 7.05 Å². The van der Waals surface area contributed by atoms with E-state index in [1.807, 2.05) is 121 Å². The van der Waals surface area contributed by atoms with Crippen LogP contribution in [-0.4, -0.2) is 14.5 Å². The summed E-state index contributed by atoms with van der Waals surface area (Å²) < 4.78 is 21.3. The van der Waals surface area contributed by atoms with Crippen molar-refractivity contribution in [3.8, 4) is 22.9 Å². The van der Waals surface area contributed by atoms with Gasteiger partial charge in [-0.2, -0.15) is 0 Å². The van der Waals surface area contributed by atoms with Crippen molar-refractivity contribution in [1.29, 1.82) is 0 Å². The Balaban J connectivity index is 0.00000324. The van der Waals surface area contributed by atoms with Gasteiger partial charge in [-0.05, 0) is 47.2 Å². The minimum atomic E-state index is 0. The van der Waals surface area contributed by atoms with E-state index in [1.54, 1.807) is 12.4 Å². The van der Waals surface area contributed by atoms with Crippen LogP contribution < -0.4 is 9.64 Å². The first kappa shape index (κ1) is 28.8. The molecule has 9 rings (SSSR count). The second-order valence-corrected chi connectivity index (χ2v) is 11.0. The van der Waals surface area contributed by atoms with E-state index in [0.29, 0.717) is 22.7 Å². The van der Waals surface area contributed by atoms with Gasteiger partial charge in [-0.15, -0.1) is 6.07 Å². The SMILES string of the molecule is Cn1ccnc1-c1[c-]c(Oc2[c-]c(N(c3ccccc3)c3ccccn3)c3c(c2)oc2ccccc23)cc2oc3ccccc3c12.[Pt+2]. The van der Waals surface area contributed by atoms with Crippen molar-refractivity contribution in [3.05, 3.63) is 140 Å². The summed E-state index contributed by atoms with van der Waals surface area (Å²) in [6.07, 6.45) is 5.47. The molecule has 7 nitrogen and oxygen atoms in total. The van der Waals surface area contributed by atoms with E-state index in [2.05, 4.69) is 28.1 Å². The standard InChI is InChI=1S/C39H24N4O3.Pt/c1-42-20-19-41-39(42)30-21-26(23-34-37(30)28-13-5-7-15-32(28)45-34)44-27-22-31(38-29-14-6-8-16-33(29)46-35(38)24-27)43(25-11-3-2-4-12-25)36-17-9-10-18-40-36;/h2-20,23-24H,1H3;/q-2;+2. The fourth-order valence-corrected chi connectivity index (χ4v) is 6.12. The average molecular weight is 792 g/mol. The summed E-state index contributed by atoms with van der Waals surface area (Å²) >= 11 is 0. The summed E-state index contributed by atoms with van der Waals surface area (Å²) in [5.41, 5.74) is 5.35. The van der Waals surface area contributed by atoms with Gasteiger partial charge in [0.15, 0.2) is 0 Å². The minimum absolute atomic E-state index is 0. The fourth-order valence-electron chi connectivity index (χ4n) is 6.12. The Morgan fingerprint density at radius 1 is 0.660 bits per heavy atom. The normalized spacial score (nSPS) is 11.3. The van der Waals surface area contributed by atoms with Crippen LogP contribution in [0.15, 0.2) is 137 Å². The molecule has 47 heavy (non-hydrogen) atoms. The van der Waals surface area contributed by atoms with Gasteiger partial charge in [-0.25, -0.2) is 4.98 Å². The molecule has 4 aromatic heterocycles. The molecule has 9 aromatic rings. The number of aryl methyl sites for hydroxylation is 1. The van der Waals surface area contributed by atoms with E-state index < -0.39 is 0 Å². The van der Waals surface area contributed by atoms with Crippen LogP contribution >= 0.6 is 0 Å². The van der Waals surface area contributed by atoms with Crippen molar-refractivity contribution < 1.29 is 34.6 Å². The maximum Gasteiger partial charge on any atom is 2.00 e. The molecule has 4 heterocycles. The Kier molecular flexibility index (Phi) is 7.11. The van der Waals surface area contributed by atoms with Gasteiger partial charge >= 0.3 is 21.1 Å². The van der Waals surface area contributed by atoms with E-state index in [-0.39, 0.29) is 21.1 Å². The van der Waals surface area contributed by atoms with Crippen molar-refractivity contribution in [2.45, 2.75) is 0 Å². The Morgan fingerprint density at radius 3 is 1.98 bits per heavy atom. The summed E-state index contributed by atoms with van der Waals surface area (Å²) in [5, 5.41) is 3.80. The Hall–Kier alpha value is -5.65. The zero-order valence-electron chi connectivity index (χ0n) is 25.0. The molecule has 0 unspecified atom stereocenters. The Labute approximate surface area is 283 Å². The predicted octanol–water partition coefficient (Wildman–Crippen LogP) is 10.1. The molecular formula is C39H24N4O3Pt. The van der Waals surface area contributed by atoms with E-state index in [1.165, 1.54) is 0 Å². The fraction of sp³-hybridized carbons (Fsp3) is 0.0256. The topological polar surface area (TPSA) is 69.5 Å². The molecule has 228 valence electrons. The van der Waals surface area contributed by atoms with Gasteiger partial charge < -0.3 is 23.0 Å². The van der Waals surface area contributed by atoms with Crippen molar-refractivity contribution >= 4 is 61.1 Å². The van der Waals surface area contributed by atoms with Crippen LogP contribution in [0.5, 0.6) is 11.5 Å². The molecule has 0 aliphatic heterocycles. The molecule has 0 N–H and O–H groups in total. The van der Waals surface area contributed by atoms with Crippen molar-refractivity contribution in [3.63, 3.8) is 0 Å². The molecule has 0 amide bonds. The summed E-state index contributed by atoms with van der Waals surface area (Å²) in [6.45, 7) is 0. The van der Waals surface area contributed by atoms with Gasteiger partial charge in [0.25, 0.3) is 0 Å². The molecule has 0 saturated heterocycles. The number of furan rings is 2. The molecule has 0 saturated carbocycles. The van der Waals surface area contributed by atoms with Crippen molar-refractivity contribution in [1.82, 2.24) is 14.5 Å². The number of fused-ring (bicyclic) bond motifs is 6. The maximum atomic E-state index is 6.61. The van der Waals surface area contributed by atoms with Crippen molar-refractivity contribution in [2.75, 3.05) is 4.90 Å². The first-order valence-electron chi connectivity index (χ1n) is 14.9. The number of pyridine rings is 1. The number of hydrogen-bond acceptors (Lipinski definition) is 6. The summed E-state index contributed by atoms with van der Waals surface area (Å²) in [7, 11) is 1.96. The molecule has 0 spiro atoms. The molecule has 0 fully saturated rings. The van der Waals surface area contributed by atoms with Gasteiger partial charge in [-0.3, -0.25) is 4.98 Å². The van der Waals surface area contributed by atoms with Crippen LogP contribution in [0.2, 0.25) is 0 Å². The second-order valence-electron chi connectivity index (χ2n) is 11.0. The third-order valence-electron chi connectivity index (χ3n) is 8.13. The van der Waals surface area contributed by atoms with E-state index in [9.17, 15) is 0 Å². The first-order chi connectivity index (χ1) is 22.7. The van der Waals surface area contributed by atoms with Crippen LogP contribution in [0.1, 0.15) is 0 Å². The number of nitrogens with zero attached hydrogens (tertiary/aromatic N) is 4. The van der Waals surface area contributed by atoms with E-state index >= 15 is 0 Å². The number of hydrogen-bond donors (Lipinski definition) is 0. The quantitative estimate of drug-likeness (QED) is 0.156. The first-order valence-corrected chi connectivity index (χ1v) is 14.9. The molecule has 5 aromatic carbocycles. The number of anilines is 3. The number of para-hydroxylation sites is 3. The van der Waals surface area contributed by atoms with Gasteiger partial charge in [0.05, 0.1) is 11.4 Å². The number of imidazole rings is 1. The third kappa shape index (κ3) is 4.87. The molecule has 8 heteroatoms. The van der Waals surface area contributed by atoms with E-state index in [4.69, 9.17) is 18.6 Å². The van der Waals surface area contributed by atoms with E-state index in [0.717, 1.165) is 61.3 Å². The van der Waals surface area contributed by atoms with Crippen LogP contribution in [0.3, 0.4) is 0 Å². The smallest absolute Gasteiger partial charge is 0.503 e. The Morgan fingerprint density at radius 2 is 1.30 bits per heavy atom. The monoisotopic (exact) mass is 791 g/mol. The molecule has 0 aliphatic carbocycles. The zero-order valence-corrected chi connectivity index (χ0v) is 27.2. The van der Waals surface area contributed by atoms with Crippen LogP contribution in [0.4, 0.5) is 17.2 Å². The minimum Gasteiger partial charge on any atom is -0.503 e. The van der Waals surface area contributed by atoms with Crippen LogP contribution in [-0.2, 0) is 28.1 Å². The van der Waals surface area contributed by atoms with Gasteiger partial charge in [0.2, 0.25) is 0 Å². The molecule has 0 atom stereocenters. The predicted molar refractivity (Wildman–Crippen MR) is 180 cm³/mol. The molecular weight excluding hydrogens is 768 g/mol. The molecule has 0 aliphatic rings. The number of benzene rings is 5. The number of aromatic nitrogens is 3. The maximum absolute atomic E-state index is 6.61. The third-order valence-corrected chi connectivity index (χ3v) is 8.13. The number of rotatable bonds is 6. The second kappa shape index (κ2) is 11.6. The van der Waals surface area contributed by atoms with Gasteiger partial charge in [0.1, 0.15) is 17.0 Å².